The van der Waals surface area contributed by atoms with Gasteiger partial charge in [-0.1, -0.05) is 22.6 Å². The molecule has 1 unspecified atom stereocenters. The number of carbonyl (C=O) groups excluding carboxylic acids is 2. The predicted octanol–water partition coefficient (Wildman–Crippen LogP) is 0.0991. The van der Waals surface area contributed by atoms with Gasteiger partial charge in [0.2, 0.25) is 5.91 Å². The van der Waals surface area contributed by atoms with Gasteiger partial charge in [0.15, 0.2) is 0 Å². The number of hydrogen-bond acceptors (Lipinski definition) is 3. The van der Waals surface area contributed by atoms with Gasteiger partial charge in [0.1, 0.15) is 6.04 Å². The quantitative estimate of drug-likeness (QED) is 0.450. The third-order valence-electron chi connectivity index (χ3n) is 1.02. The lowest BCUT2D eigenvalue weighted by Crippen LogP contribution is -2.41. The van der Waals surface area contributed by atoms with Crippen LogP contribution in [0.4, 0.5) is 0 Å². The average Bonchev–Trinajstić information content (AvgIpc) is 1.98. The van der Waals surface area contributed by atoms with Crippen molar-refractivity contribution in [1.82, 2.24) is 5.32 Å². The fraction of sp³-hybridized carbons (Fsp3) is 0.667. The molecule has 0 fully saturated rings. The minimum absolute atomic E-state index is 0.225. The summed E-state index contributed by atoms with van der Waals surface area (Å²) in [5.41, 5.74) is 0. The third-order valence-corrected chi connectivity index (χ3v) is 1.90. The number of halogens is 1. The zero-order valence-electron chi connectivity index (χ0n) is 6.39. The summed E-state index contributed by atoms with van der Waals surface area (Å²) in [5, 5.41) is 2.46. The molecule has 5 heteroatoms. The van der Waals surface area contributed by atoms with E-state index in [2.05, 4.69) is 10.1 Å². The summed E-state index contributed by atoms with van der Waals surface area (Å²) in [4.78, 5) is 21.3. The van der Waals surface area contributed by atoms with Gasteiger partial charge < -0.3 is 10.1 Å². The molecule has 0 aliphatic heterocycles. The Morgan fingerprint density at radius 1 is 1.64 bits per heavy atom. The second-order valence-corrected chi connectivity index (χ2v) is 2.81. The molecule has 0 aliphatic rings. The van der Waals surface area contributed by atoms with Gasteiger partial charge in [0.25, 0.3) is 0 Å². The molecule has 0 aromatic rings. The van der Waals surface area contributed by atoms with E-state index in [-0.39, 0.29) is 5.91 Å². The highest BCUT2D eigenvalue weighted by Gasteiger charge is 2.17. The van der Waals surface area contributed by atoms with Crippen LogP contribution in [0.3, 0.4) is 0 Å². The van der Waals surface area contributed by atoms with E-state index < -0.39 is 12.0 Å². The van der Waals surface area contributed by atoms with Gasteiger partial charge in [-0.3, -0.25) is 4.79 Å². The Balaban J connectivity index is 3.94. The fourth-order valence-electron chi connectivity index (χ4n) is 0.548. The van der Waals surface area contributed by atoms with E-state index >= 15 is 0 Å². The molecule has 64 valence electrons. The van der Waals surface area contributed by atoms with Crippen LogP contribution >= 0.6 is 22.6 Å². The monoisotopic (exact) mass is 271 g/mol. The number of ether oxygens (including phenoxy) is 1. The molecule has 0 rings (SSSR count). The van der Waals surface area contributed by atoms with E-state index in [4.69, 9.17) is 0 Å². The first-order valence-electron chi connectivity index (χ1n) is 3.02. The molecule has 0 heterocycles. The Hall–Kier alpha value is -0.330. The highest BCUT2D eigenvalue weighted by molar-refractivity contribution is 14.1. The molecular formula is C6H10INO3. The molecule has 0 aliphatic carbocycles. The zero-order valence-corrected chi connectivity index (χ0v) is 8.54. The van der Waals surface area contributed by atoms with Crippen LogP contribution in [0, 0.1) is 0 Å². The van der Waals surface area contributed by atoms with E-state index in [1.165, 1.54) is 14.0 Å². The summed E-state index contributed by atoms with van der Waals surface area (Å²) in [6.07, 6.45) is 0. The maximum atomic E-state index is 10.8. The number of carbonyl (C=O) groups is 2. The van der Waals surface area contributed by atoms with E-state index in [1.807, 2.05) is 22.6 Å². The molecule has 4 nitrogen and oxygen atoms in total. The van der Waals surface area contributed by atoms with Gasteiger partial charge in [-0.2, -0.15) is 0 Å². The summed E-state index contributed by atoms with van der Waals surface area (Å²) >= 11 is 2.01. The number of nitrogens with one attached hydrogen (secondary N) is 1. The number of alkyl halides is 1. The molecule has 11 heavy (non-hydrogen) atoms. The Labute approximate surface area is 78.8 Å². The predicted molar refractivity (Wildman–Crippen MR) is 48.5 cm³/mol. The lowest BCUT2D eigenvalue weighted by Gasteiger charge is -2.11. The average molecular weight is 271 g/mol. The lowest BCUT2D eigenvalue weighted by atomic mass is 10.3. The van der Waals surface area contributed by atoms with Crippen LogP contribution in [-0.4, -0.2) is 29.5 Å². The topological polar surface area (TPSA) is 55.4 Å². The number of amides is 1. The Morgan fingerprint density at radius 2 is 2.18 bits per heavy atom. The summed E-state index contributed by atoms with van der Waals surface area (Å²) in [7, 11) is 1.30. The fourth-order valence-corrected chi connectivity index (χ4v) is 1.13. The van der Waals surface area contributed by atoms with Gasteiger partial charge in [-0.25, -0.2) is 4.79 Å². The molecule has 0 aromatic carbocycles. The largest absolute Gasteiger partial charge is 0.467 e. The van der Waals surface area contributed by atoms with Crippen molar-refractivity contribution in [3.05, 3.63) is 0 Å². The second kappa shape index (κ2) is 5.34. The minimum atomic E-state index is -0.516. The molecule has 0 bridgehead atoms. The van der Waals surface area contributed by atoms with Crippen LogP contribution in [0.2, 0.25) is 0 Å². The molecule has 0 spiro atoms. The summed E-state index contributed by atoms with van der Waals surface area (Å²) in [6, 6.07) is -0.516. The van der Waals surface area contributed by atoms with Crippen LogP contribution in [0.15, 0.2) is 0 Å². The molecule has 1 atom stereocenters. The highest BCUT2D eigenvalue weighted by atomic mass is 127. The van der Waals surface area contributed by atoms with Gasteiger partial charge in [-0.15, -0.1) is 0 Å². The minimum Gasteiger partial charge on any atom is -0.467 e. The number of methoxy groups -OCH3 is 1. The van der Waals surface area contributed by atoms with Crippen molar-refractivity contribution in [3.63, 3.8) is 0 Å². The summed E-state index contributed by atoms with van der Waals surface area (Å²) < 4.78 is 4.96. The lowest BCUT2D eigenvalue weighted by molar-refractivity contribution is -0.144. The third kappa shape index (κ3) is 4.18. The van der Waals surface area contributed by atoms with Gasteiger partial charge in [0.05, 0.1) is 7.11 Å². The van der Waals surface area contributed by atoms with E-state index in [0.29, 0.717) is 4.43 Å². The molecule has 0 saturated heterocycles. The number of hydrogen-bond donors (Lipinski definition) is 1. The Morgan fingerprint density at radius 3 is 2.45 bits per heavy atom. The van der Waals surface area contributed by atoms with Crippen molar-refractivity contribution in [1.29, 1.82) is 0 Å². The van der Waals surface area contributed by atoms with Gasteiger partial charge >= 0.3 is 5.97 Å². The first-order chi connectivity index (χ1) is 5.11. The van der Waals surface area contributed by atoms with Crippen molar-refractivity contribution < 1.29 is 14.3 Å². The molecule has 1 N–H and O–H groups in total. The first-order valence-corrected chi connectivity index (χ1v) is 4.55. The van der Waals surface area contributed by atoms with E-state index in [1.54, 1.807) is 0 Å². The van der Waals surface area contributed by atoms with Gasteiger partial charge in [0, 0.05) is 11.4 Å². The molecular weight excluding hydrogens is 261 g/mol. The molecule has 0 saturated carbocycles. The molecule has 0 radical (unpaired) electrons. The van der Waals surface area contributed by atoms with Crippen molar-refractivity contribution in [2.45, 2.75) is 13.0 Å². The van der Waals surface area contributed by atoms with Crippen LogP contribution in [0.1, 0.15) is 6.92 Å². The van der Waals surface area contributed by atoms with Gasteiger partial charge in [-0.05, 0) is 0 Å². The number of rotatable bonds is 3. The highest BCUT2D eigenvalue weighted by Crippen LogP contribution is 1.93. The maximum Gasteiger partial charge on any atom is 0.329 e. The van der Waals surface area contributed by atoms with Crippen molar-refractivity contribution >= 4 is 34.5 Å². The molecule has 0 aromatic heterocycles. The standard InChI is InChI=1S/C6H10INO3/c1-4(9)8-5(3-7)6(10)11-2/h5H,3H2,1-2H3,(H,8,9). The smallest absolute Gasteiger partial charge is 0.329 e. The van der Waals surface area contributed by atoms with Crippen LogP contribution in [-0.2, 0) is 14.3 Å². The van der Waals surface area contributed by atoms with Crippen LogP contribution in [0.5, 0.6) is 0 Å². The van der Waals surface area contributed by atoms with E-state index in [9.17, 15) is 9.59 Å². The summed E-state index contributed by atoms with van der Waals surface area (Å²) in [5.74, 6) is -0.633. The van der Waals surface area contributed by atoms with Crippen LogP contribution in [0.25, 0.3) is 0 Å². The van der Waals surface area contributed by atoms with Crippen molar-refractivity contribution in [2.24, 2.45) is 0 Å². The normalized spacial score (nSPS) is 11.9. The SMILES string of the molecule is COC(=O)C(CI)NC(C)=O. The Kier molecular flexibility index (Phi) is 5.18. The van der Waals surface area contributed by atoms with Crippen molar-refractivity contribution in [3.8, 4) is 0 Å². The second-order valence-electron chi connectivity index (χ2n) is 1.93. The Bertz CT molecular complexity index is 160. The van der Waals surface area contributed by atoms with Crippen LogP contribution < -0.4 is 5.32 Å². The van der Waals surface area contributed by atoms with Crippen molar-refractivity contribution in [2.75, 3.05) is 11.5 Å². The maximum absolute atomic E-state index is 10.8. The summed E-state index contributed by atoms with van der Waals surface area (Å²) in [6.45, 7) is 1.36. The zero-order chi connectivity index (χ0) is 8.85. The number of esters is 1. The first kappa shape index (κ1) is 10.7. The van der Waals surface area contributed by atoms with E-state index in [0.717, 1.165) is 0 Å². The molecule has 1 amide bonds.